The van der Waals surface area contributed by atoms with E-state index in [1.165, 1.54) is 44.8 Å². The van der Waals surface area contributed by atoms with Crippen molar-refractivity contribution in [2.75, 3.05) is 4.90 Å². The summed E-state index contributed by atoms with van der Waals surface area (Å²) in [5, 5.41) is 0.727. The van der Waals surface area contributed by atoms with Crippen molar-refractivity contribution < 1.29 is 0 Å². The number of nitrogens with zero attached hydrogens (tertiary/aromatic N) is 1. The van der Waals surface area contributed by atoms with Gasteiger partial charge in [-0.15, -0.1) is 0 Å². The number of hydrogen-bond acceptors (Lipinski definition) is 1. The molecule has 0 amide bonds. The van der Waals surface area contributed by atoms with Crippen molar-refractivity contribution in [3.8, 4) is 11.1 Å². The van der Waals surface area contributed by atoms with Crippen LogP contribution >= 0.6 is 27.5 Å². The first kappa shape index (κ1) is 19.2. The number of fused-ring (bicyclic) bond motifs is 7. The highest BCUT2D eigenvalue weighted by Crippen LogP contribution is 2.54. The third kappa shape index (κ3) is 2.82. The van der Waals surface area contributed by atoms with Crippen molar-refractivity contribution in [2.45, 2.75) is 25.7 Å². The van der Waals surface area contributed by atoms with Gasteiger partial charge in [0.25, 0.3) is 0 Å². The maximum absolute atomic E-state index is 6.46. The molecule has 0 saturated heterocycles. The highest BCUT2D eigenvalue weighted by Gasteiger charge is 2.38. The van der Waals surface area contributed by atoms with Crippen molar-refractivity contribution in [3.63, 3.8) is 0 Å². The molecule has 0 saturated carbocycles. The third-order valence-corrected chi connectivity index (χ3v) is 7.42. The Kier molecular flexibility index (Phi) is 4.15. The van der Waals surface area contributed by atoms with Gasteiger partial charge in [0.05, 0.1) is 5.69 Å². The Labute approximate surface area is 196 Å². The zero-order valence-corrected chi connectivity index (χ0v) is 19.8. The summed E-state index contributed by atoms with van der Waals surface area (Å²) in [6.45, 7) is 4.68. The van der Waals surface area contributed by atoms with Gasteiger partial charge in [-0.3, -0.25) is 0 Å². The first-order valence-electron chi connectivity index (χ1n) is 10.5. The molecule has 0 aromatic heterocycles. The zero-order chi connectivity index (χ0) is 21.3. The Morgan fingerprint density at radius 2 is 1.68 bits per heavy atom. The fraction of sp³-hybridized carbons (Fsp3) is 0.143. The molecule has 1 aliphatic heterocycles. The Morgan fingerprint density at radius 3 is 2.52 bits per heavy atom. The van der Waals surface area contributed by atoms with Crippen LogP contribution in [0.15, 0.2) is 89.1 Å². The van der Waals surface area contributed by atoms with Crippen LogP contribution in [0.25, 0.3) is 16.7 Å². The molecule has 3 aliphatic rings. The number of benzene rings is 3. The fourth-order valence-electron chi connectivity index (χ4n) is 5.30. The summed E-state index contributed by atoms with van der Waals surface area (Å²) in [5.74, 6) is 0. The minimum atomic E-state index is -0.0118. The van der Waals surface area contributed by atoms with Crippen molar-refractivity contribution in [1.82, 2.24) is 0 Å². The monoisotopic (exact) mass is 485 g/mol. The van der Waals surface area contributed by atoms with Crippen LogP contribution in [0.4, 0.5) is 11.4 Å². The van der Waals surface area contributed by atoms with Crippen LogP contribution in [0.5, 0.6) is 0 Å². The number of rotatable bonds is 1. The van der Waals surface area contributed by atoms with Crippen molar-refractivity contribution >= 4 is 44.5 Å². The van der Waals surface area contributed by atoms with Crippen LogP contribution in [0.1, 0.15) is 37.0 Å². The predicted octanol–water partition coefficient (Wildman–Crippen LogP) is 8.79. The highest BCUT2D eigenvalue weighted by molar-refractivity contribution is 9.10. The van der Waals surface area contributed by atoms with Gasteiger partial charge in [0, 0.05) is 38.3 Å². The van der Waals surface area contributed by atoms with Gasteiger partial charge in [-0.25, -0.2) is 0 Å². The van der Waals surface area contributed by atoms with Crippen molar-refractivity contribution in [1.29, 1.82) is 0 Å². The quantitative estimate of drug-likeness (QED) is 0.332. The van der Waals surface area contributed by atoms with Crippen LogP contribution < -0.4 is 4.90 Å². The van der Waals surface area contributed by atoms with E-state index in [4.69, 9.17) is 11.6 Å². The lowest BCUT2D eigenvalue weighted by atomic mass is 9.80. The second-order valence-electron chi connectivity index (χ2n) is 8.96. The van der Waals surface area contributed by atoms with E-state index < -0.39 is 0 Å². The molecular weight excluding hydrogens is 466 g/mol. The maximum Gasteiger partial charge on any atom is 0.0540 e. The molecule has 152 valence electrons. The number of anilines is 2. The molecule has 0 unspecified atom stereocenters. The van der Waals surface area contributed by atoms with E-state index in [0.29, 0.717) is 0 Å². The molecule has 0 fully saturated rings. The lowest BCUT2D eigenvalue weighted by Gasteiger charge is -2.36. The van der Waals surface area contributed by atoms with Gasteiger partial charge in [0.1, 0.15) is 0 Å². The summed E-state index contributed by atoms with van der Waals surface area (Å²) >= 11 is 10.1. The molecule has 3 aromatic rings. The lowest BCUT2D eigenvalue weighted by molar-refractivity contribution is 0.660. The summed E-state index contributed by atoms with van der Waals surface area (Å²) in [7, 11) is 0. The van der Waals surface area contributed by atoms with Gasteiger partial charge in [0.15, 0.2) is 0 Å². The Morgan fingerprint density at radius 1 is 0.871 bits per heavy atom. The van der Waals surface area contributed by atoms with Gasteiger partial charge in [0.2, 0.25) is 0 Å². The molecule has 2 aliphatic carbocycles. The van der Waals surface area contributed by atoms with E-state index in [9.17, 15) is 0 Å². The molecule has 31 heavy (non-hydrogen) atoms. The van der Waals surface area contributed by atoms with Gasteiger partial charge >= 0.3 is 0 Å². The minimum Gasteiger partial charge on any atom is -0.313 e. The minimum absolute atomic E-state index is 0.0118. The fourth-order valence-corrected chi connectivity index (χ4v) is 6.14. The Balaban J connectivity index is 1.67. The second kappa shape index (κ2) is 6.72. The van der Waals surface area contributed by atoms with E-state index in [-0.39, 0.29) is 5.41 Å². The first-order chi connectivity index (χ1) is 14.9. The van der Waals surface area contributed by atoms with Crippen LogP contribution in [-0.2, 0) is 5.41 Å². The van der Waals surface area contributed by atoms with Crippen molar-refractivity contribution in [3.05, 3.63) is 111 Å². The smallest absolute Gasteiger partial charge is 0.0540 e. The van der Waals surface area contributed by atoms with Crippen LogP contribution in [0.2, 0.25) is 5.02 Å². The van der Waals surface area contributed by atoms with Gasteiger partial charge < -0.3 is 4.90 Å². The molecule has 3 heteroatoms. The summed E-state index contributed by atoms with van der Waals surface area (Å²) < 4.78 is 0.982. The normalized spacial score (nSPS) is 17.4. The van der Waals surface area contributed by atoms with Gasteiger partial charge in [-0.2, -0.15) is 0 Å². The third-order valence-electron chi connectivity index (χ3n) is 6.75. The van der Waals surface area contributed by atoms with Crippen LogP contribution in [0.3, 0.4) is 0 Å². The zero-order valence-electron chi connectivity index (χ0n) is 17.4. The first-order valence-corrected chi connectivity index (χ1v) is 11.7. The predicted molar refractivity (Wildman–Crippen MR) is 135 cm³/mol. The standard InChI is InChI=1S/C28H21BrClN/c1-28(2)25-10-6-5-9-22(25)24-16-27-23(15-26(24)28)17-7-3-4-8-20(11-17)31(27)21-13-18(29)12-19(30)14-21/h3-10,12-16H,11H2,1-2H3. The summed E-state index contributed by atoms with van der Waals surface area (Å²) in [5.41, 5.74) is 11.7. The number of hydrogen-bond donors (Lipinski definition) is 0. The molecule has 0 radical (unpaired) electrons. The van der Waals surface area contributed by atoms with E-state index >= 15 is 0 Å². The molecule has 0 spiro atoms. The molecule has 6 rings (SSSR count). The van der Waals surface area contributed by atoms with E-state index in [2.05, 4.69) is 101 Å². The summed E-state index contributed by atoms with van der Waals surface area (Å²) in [6.07, 6.45) is 9.65. The van der Waals surface area contributed by atoms with E-state index in [1.54, 1.807) is 0 Å². The molecule has 0 atom stereocenters. The van der Waals surface area contributed by atoms with Crippen LogP contribution in [-0.4, -0.2) is 0 Å². The Hall–Kier alpha value is -2.55. The molecule has 3 aromatic carbocycles. The molecule has 2 bridgehead atoms. The second-order valence-corrected chi connectivity index (χ2v) is 10.3. The average molecular weight is 487 g/mol. The van der Waals surface area contributed by atoms with Crippen molar-refractivity contribution in [2.24, 2.45) is 0 Å². The molecular formula is C28H21BrClN. The molecule has 1 nitrogen and oxygen atoms in total. The summed E-state index contributed by atoms with van der Waals surface area (Å²) in [6, 6.07) is 19.8. The van der Waals surface area contributed by atoms with Gasteiger partial charge in [-0.1, -0.05) is 83.9 Å². The number of allylic oxidation sites excluding steroid dienone is 5. The van der Waals surface area contributed by atoms with E-state index in [1.807, 2.05) is 12.1 Å². The number of halogens is 2. The molecule has 0 N–H and O–H groups in total. The SMILES string of the molecule is CC1(C)c2ccccc2-c2cc3c(cc21)C1=CC=CC=C(C1)N3c1cc(Cl)cc(Br)c1. The maximum atomic E-state index is 6.46. The van der Waals surface area contributed by atoms with E-state index in [0.717, 1.165) is 21.6 Å². The average Bonchev–Trinajstić information content (AvgIpc) is 2.86. The molecule has 1 heterocycles. The topological polar surface area (TPSA) is 3.24 Å². The largest absolute Gasteiger partial charge is 0.313 e. The summed E-state index contributed by atoms with van der Waals surface area (Å²) in [4.78, 5) is 2.37. The highest BCUT2D eigenvalue weighted by atomic mass is 79.9. The Bertz CT molecular complexity index is 1340. The van der Waals surface area contributed by atoms with Gasteiger partial charge in [-0.05, 0) is 64.2 Å². The van der Waals surface area contributed by atoms with Crippen LogP contribution in [0, 0.1) is 0 Å². The lowest BCUT2D eigenvalue weighted by Crippen LogP contribution is -2.23.